The van der Waals surface area contributed by atoms with Crippen LogP contribution in [0.25, 0.3) is 0 Å². The summed E-state index contributed by atoms with van der Waals surface area (Å²) in [6, 6.07) is 5.65. The number of carbonyl (C=O) groups is 1. The third kappa shape index (κ3) is 18.7. The summed E-state index contributed by atoms with van der Waals surface area (Å²) in [7, 11) is 0. The van der Waals surface area contributed by atoms with E-state index in [0.717, 1.165) is 24.0 Å². The largest absolute Gasteiger partial charge is 0.508 e. The number of aromatic hydroxyl groups is 1. The second kappa shape index (κ2) is 22.3. The second-order valence-corrected chi connectivity index (χ2v) is 12.5. The molecule has 3 nitrogen and oxygen atoms in total. The van der Waals surface area contributed by atoms with Gasteiger partial charge >= 0.3 is 5.97 Å². The Kier molecular flexibility index (Phi) is 20.3. The van der Waals surface area contributed by atoms with Crippen LogP contribution in [-0.4, -0.2) is 17.7 Å². The highest BCUT2D eigenvalue weighted by Crippen LogP contribution is 2.31. The van der Waals surface area contributed by atoms with Crippen molar-refractivity contribution in [1.29, 1.82) is 0 Å². The topological polar surface area (TPSA) is 46.5 Å². The van der Waals surface area contributed by atoms with Crippen molar-refractivity contribution in [3.63, 3.8) is 0 Å². The summed E-state index contributed by atoms with van der Waals surface area (Å²) in [4.78, 5) is 12.1. The van der Waals surface area contributed by atoms with Gasteiger partial charge in [-0.3, -0.25) is 4.79 Å². The molecule has 0 heterocycles. The monoisotopic (exact) mass is 530 g/mol. The average molecular weight is 531 g/mol. The number of carbonyl (C=O) groups excluding carboxylic acids is 1. The van der Waals surface area contributed by atoms with Gasteiger partial charge in [-0.25, -0.2) is 0 Å². The lowest BCUT2D eigenvalue weighted by Crippen LogP contribution is -2.12. The lowest BCUT2D eigenvalue weighted by molar-refractivity contribution is -0.143. The highest BCUT2D eigenvalue weighted by Gasteiger charge is 2.18. The molecule has 0 spiro atoms. The summed E-state index contributed by atoms with van der Waals surface area (Å²) in [5.74, 6) is 0.205. The van der Waals surface area contributed by atoms with Gasteiger partial charge in [0.25, 0.3) is 0 Å². The van der Waals surface area contributed by atoms with Crippen molar-refractivity contribution in [3.05, 3.63) is 29.3 Å². The zero-order chi connectivity index (χ0) is 27.9. The van der Waals surface area contributed by atoms with Gasteiger partial charge < -0.3 is 9.84 Å². The molecule has 0 atom stereocenters. The minimum atomic E-state index is -0.118. The molecule has 3 heteroatoms. The third-order valence-corrected chi connectivity index (χ3v) is 7.75. The van der Waals surface area contributed by atoms with Crippen molar-refractivity contribution < 1.29 is 14.6 Å². The molecule has 0 unspecified atom stereocenters. The lowest BCUT2D eigenvalue weighted by atomic mass is 9.85. The number of esters is 1. The fraction of sp³-hybridized carbons (Fsp3) is 0.800. The van der Waals surface area contributed by atoms with E-state index in [4.69, 9.17) is 4.74 Å². The van der Waals surface area contributed by atoms with Crippen LogP contribution < -0.4 is 0 Å². The van der Waals surface area contributed by atoms with E-state index in [9.17, 15) is 9.90 Å². The SMILES string of the molecule is CCCCCCCCCCCCCCCCCCCCCCOC(=O)CCc1ccc(O)c(C(C)(C)C)c1. The van der Waals surface area contributed by atoms with Gasteiger partial charge in [0, 0.05) is 6.42 Å². The van der Waals surface area contributed by atoms with Crippen LogP contribution in [0.15, 0.2) is 18.2 Å². The summed E-state index contributed by atoms with van der Waals surface area (Å²) in [5, 5.41) is 10.1. The summed E-state index contributed by atoms with van der Waals surface area (Å²) in [6.07, 6.45) is 28.5. The third-order valence-electron chi connectivity index (χ3n) is 7.75. The molecule has 0 aliphatic rings. The zero-order valence-electron chi connectivity index (χ0n) is 25.8. The fourth-order valence-corrected chi connectivity index (χ4v) is 5.20. The van der Waals surface area contributed by atoms with Crippen LogP contribution >= 0.6 is 0 Å². The van der Waals surface area contributed by atoms with Gasteiger partial charge in [-0.2, -0.15) is 0 Å². The van der Waals surface area contributed by atoms with E-state index in [-0.39, 0.29) is 11.4 Å². The number of aryl methyl sites for hydroxylation is 1. The molecule has 0 saturated carbocycles. The molecule has 1 aromatic rings. The molecule has 1 N–H and O–H groups in total. The summed E-state index contributed by atoms with van der Waals surface area (Å²) in [5.41, 5.74) is 1.88. The Hall–Kier alpha value is -1.51. The van der Waals surface area contributed by atoms with E-state index in [1.165, 1.54) is 116 Å². The Morgan fingerprint density at radius 2 is 1.11 bits per heavy atom. The first-order chi connectivity index (χ1) is 18.3. The predicted molar refractivity (Wildman–Crippen MR) is 164 cm³/mol. The van der Waals surface area contributed by atoms with Gasteiger partial charge in [0.1, 0.15) is 5.75 Å². The summed E-state index contributed by atoms with van der Waals surface area (Å²) < 4.78 is 5.43. The van der Waals surface area contributed by atoms with Gasteiger partial charge in [0.15, 0.2) is 0 Å². The number of hydrogen-bond donors (Lipinski definition) is 1. The highest BCUT2D eigenvalue weighted by molar-refractivity contribution is 5.69. The number of benzene rings is 1. The quantitative estimate of drug-likeness (QED) is 0.107. The molecule has 0 aliphatic carbocycles. The van der Waals surface area contributed by atoms with Gasteiger partial charge in [-0.05, 0) is 35.4 Å². The average Bonchev–Trinajstić information content (AvgIpc) is 2.88. The van der Waals surface area contributed by atoms with E-state index in [1.54, 1.807) is 6.07 Å². The molecule has 220 valence electrons. The minimum Gasteiger partial charge on any atom is -0.508 e. The maximum atomic E-state index is 12.1. The molecule has 38 heavy (non-hydrogen) atoms. The molecule has 0 amide bonds. The van der Waals surface area contributed by atoms with Crippen LogP contribution in [0.5, 0.6) is 5.75 Å². The smallest absolute Gasteiger partial charge is 0.306 e. The molecular formula is C35H62O3. The Morgan fingerprint density at radius 3 is 1.53 bits per heavy atom. The van der Waals surface area contributed by atoms with Crippen LogP contribution in [-0.2, 0) is 21.4 Å². The highest BCUT2D eigenvalue weighted by atomic mass is 16.5. The number of phenols is 1. The molecule has 1 rings (SSSR count). The van der Waals surface area contributed by atoms with Crippen LogP contribution in [0.3, 0.4) is 0 Å². The van der Waals surface area contributed by atoms with Crippen molar-refractivity contribution in [2.24, 2.45) is 0 Å². The first-order valence-corrected chi connectivity index (χ1v) is 16.3. The number of unbranched alkanes of at least 4 members (excludes halogenated alkanes) is 19. The van der Waals surface area contributed by atoms with Crippen LogP contribution in [0.4, 0.5) is 0 Å². The van der Waals surface area contributed by atoms with Crippen LogP contribution in [0.1, 0.15) is 174 Å². The first kappa shape index (κ1) is 34.5. The van der Waals surface area contributed by atoms with Crippen molar-refractivity contribution in [2.75, 3.05) is 6.61 Å². The number of hydrogen-bond acceptors (Lipinski definition) is 3. The predicted octanol–water partition coefficient (Wildman–Crippen LogP) is 11.0. The zero-order valence-corrected chi connectivity index (χ0v) is 25.8. The molecular weight excluding hydrogens is 468 g/mol. The van der Waals surface area contributed by atoms with E-state index < -0.39 is 0 Å². The molecule has 0 aromatic heterocycles. The number of phenolic OH excluding ortho intramolecular Hbond substituents is 1. The fourth-order valence-electron chi connectivity index (χ4n) is 5.20. The van der Waals surface area contributed by atoms with Crippen molar-refractivity contribution in [2.45, 2.75) is 174 Å². The van der Waals surface area contributed by atoms with Gasteiger partial charge in [-0.15, -0.1) is 0 Å². The van der Waals surface area contributed by atoms with E-state index in [2.05, 4.69) is 27.7 Å². The maximum absolute atomic E-state index is 12.1. The van der Waals surface area contributed by atoms with E-state index in [0.29, 0.717) is 25.2 Å². The first-order valence-electron chi connectivity index (χ1n) is 16.3. The maximum Gasteiger partial charge on any atom is 0.306 e. The normalized spacial score (nSPS) is 11.7. The second-order valence-electron chi connectivity index (χ2n) is 12.5. The Labute approximate surface area is 236 Å². The summed E-state index contributed by atoms with van der Waals surface area (Å²) >= 11 is 0. The molecule has 1 aromatic carbocycles. The Morgan fingerprint density at radius 1 is 0.684 bits per heavy atom. The molecule has 0 bridgehead atoms. The van der Waals surface area contributed by atoms with Gasteiger partial charge in [0.05, 0.1) is 6.61 Å². The van der Waals surface area contributed by atoms with Crippen molar-refractivity contribution >= 4 is 5.97 Å². The number of ether oxygens (including phenoxy) is 1. The van der Waals surface area contributed by atoms with E-state index >= 15 is 0 Å². The van der Waals surface area contributed by atoms with Crippen molar-refractivity contribution in [3.8, 4) is 5.75 Å². The Balaban J connectivity index is 1.85. The minimum absolute atomic E-state index is 0.117. The Bertz CT molecular complexity index is 704. The molecule has 0 radical (unpaired) electrons. The van der Waals surface area contributed by atoms with Gasteiger partial charge in [-0.1, -0.05) is 162 Å². The van der Waals surface area contributed by atoms with Crippen LogP contribution in [0, 0.1) is 0 Å². The van der Waals surface area contributed by atoms with Gasteiger partial charge in [0.2, 0.25) is 0 Å². The lowest BCUT2D eigenvalue weighted by Gasteiger charge is -2.21. The molecule has 0 fully saturated rings. The molecule has 0 aliphatic heterocycles. The van der Waals surface area contributed by atoms with E-state index in [1.807, 2.05) is 12.1 Å². The van der Waals surface area contributed by atoms with Crippen molar-refractivity contribution in [1.82, 2.24) is 0 Å². The molecule has 0 saturated heterocycles. The standard InChI is InChI=1S/C35H62O3/c1-5-6-7-8-9-10-11-12-13-14-15-16-17-18-19-20-21-22-23-24-29-38-34(37)28-26-31-25-27-33(36)32(30-31)35(2,3)4/h25,27,30,36H,5-24,26,28-29H2,1-4H3. The summed E-state index contributed by atoms with van der Waals surface area (Å²) in [6.45, 7) is 9.08. The number of rotatable bonds is 24. The van der Waals surface area contributed by atoms with Crippen LogP contribution in [0.2, 0.25) is 0 Å².